The average molecular weight is 286 g/mol. The highest BCUT2D eigenvalue weighted by molar-refractivity contribution is 5.79. The van der Waals surface area contributed by atoms with E-state index in [0.717, 1.165) is 58.4 Å². The van der Waals surface area contributed by atoms with Crippen LogP contribution in [0.25, 0.3) is 0 Å². The van der Waals surface area contributed by atoms with Crippen molar-refractivity contribution in [3.8, 4) is 0 Å². The van der Waals surface area contributed by atoms with Crippen molar-refractivity contribution in [2.45, 2.75) is 13.3 Å². The Morgan fingerprint density at radius 2 is 2.10 bits per heavy atom. The molecule has 0 spiro atoms. The third-order valence-electron chi connectivity index (χ3n) is 3.48. The van der Waals surface area contributed by atoms with E-state index in [1.807, 2.05) is 0 Å². The molecule has 1 aliphatic rings. The minimum atomic E-state index is 0.258. The maximum Gasteiger partial charge on any atom is 0.191 e. The van der Waals surface area contributed by atoms with Crippen molar-refractivity contribution in [2.24, 2.45) is 10.4 Å². The molecule has 0 aromatic heterocycles. The van der Waals surface area contributed by atoms with E-state index >= 15 is 0 Å². The molecule has 1 rings (SSSR count). The molecule has 0 unspecified atom stereocenters. The molecule has 0 aromatic carbocycles. The minimum Gasteiger partial charge on any atom is -0.385 e. The highest BCUT2D eigenvalue weighted by atomic mass is 16.5. The van der Waals surface area contributed by atoms with Crippen LogP contribution in [0.2, 0.25) is 0 Å². The molecule has 1 saturated heterocycles. The van der Waals surface area contributed by atoms with Crippen molar-refractivity contribution >= 4 is 5.96 Å². The van der Waals surface area contributed by atoms with Gasteiger partial charge >= 0.3 is 0 Å². The number of nitrogens with one attached hydrogen (secondary N) is 2. The van der Waals surface area contributed by atoms with Crippen molar-refractivity contribution in [1.82, 2.24) is 15.5 Å². The highest BCUT2D eigenvalue weighted by Gasteiger charge is 2.33. The average Bonchev–Trinajstić information content (AvgIpc) is 2.40. The monoisotopic (exact) mass is 286 g/mol. The maximum atomic E-state index is 5.25. The van der Waals surface area contributed by atoms with Gasteiger partial charge in [0.25, 0.3) is 0 Å². The van der Waals surface area contributed by atoms with E-state index in [2.05, 4.69) is 34.5 Å². The number of hydrogen-bond donors (Lipinski definition) is 2. The molecule has 0 bridgehead atoms. The third-order valence-corrected chi connectivity index (χ3v) is 3.48. The lowest BCUT2D eigenvalue weighted by Gasteiger charge is -2.38. The normalized spacial score (nSPS) is 17.9. The van der Waals surface area contributed by atoms with E-state index in [9.17, 15) is 0 Å². The summed E-state index contributed by atoms with van der Waals surface area (Å²) in [5, 5.41) is 6.69. The lowest BCUT2D eigenvalue weighted by Crippen LogP contribution is -2.51. The topological polar surface area (TPSA) is 58.1 Å². The number of likely N-dealkylation sites (N-methyl/N-ethyl adjacent to an activating group) is 1. The lowest BCUT2D eigenvalue weighted by atomic mass is 9.89. The number of rotatable bonds is 9. The van der Waals surface area contributed by atoms with E-state index in [0.29, 0.717) is 0 Å². The summed E-state index contributed by atoms with van der Waals surface area (Å²) in [5.41, 5.74) is 0.258. The third kappa shape index (κ3) is 6.54. The Morgan fingerprint density at radius 1 is 1.35 bits per heavy atom. The van der Waals surface area contributed by atoms with Crippen molar-refractivity contribution in [3.05, 3.63) is 0 Å². The summed E-state index contributed by atoms with van der Waals surface area (Å²) in [5.74, 6) is 0.864. The second kappa shape index (κ2) is 9.15. The largest absolute Gasteiger partial charge is 0.385 e. The zero-order valence-electron chi connectivity index (χ0n) is 13.4. The SMILES string of the molecule is CN=C(NCCN(C)CCCOC)NCC1(C)COC1. The lowest BCUT2D eigenvalue weighted by molar-refractivity contribution is -0.0971. The van der Waals surface area contributed by atoms with Gasteiger partial charge in [-0.3, -0.25) is 4.99 Å². The molecule has 1 heterocycles. The van der Waals surface area contributed by atoms with Gasteiger partial charge in [-0.2, -0.15) is 0 Å². The fraction of sp³-hybridized carbons (Fsp3) is 0.929. The van der Waals surface area contributed by atoms with Crippen LogP contribution in [0.1, 0.15) is 13.3 Å². The molecule has 2 N–H and O–H groups in total. The number of nitrogens with zero attached hydrogens (tertiary/aromatic N) is 2. The van der Waals surface area contributed by atoms with Crippen LogP contribution < -0.4 is 10.6 Å². The molecule has 0 saturated carbocycles. The van der Waals surface area contributed by atoms with Gasteiger partial charge in [-0.05, 0) is 13.5 Å². The summed E-state index contributed by atoms with van der Waals surface area (Å²) in [7, 11) is 5.67. The molecule has 6 nitrogen and oxygen atoms in total. The first-order chi connectivity index (χ1) is 9.59. The van der Waals surface area contributed by atoms with Gasteiger partial charge < -0.3 is 25.0 Å². The fourth-order valence-corrected chi connectivity index (χ4v) is 2.03. The first-order valence-corrected chi connectivity index (χ1v) is 7.29. The molecular weight excluding hydrogens is 256 g/mol. The summed E-state index contributed by atoms with van der Waals surface area (Å²) in [6.45, 7) is 8.54. The smallest absolute Gasteiger partial charge is 0.191 e. The summed E-state index contributed by atoms with van der Waals surface area (Å²) >= 11 is 0. The molecule has 1 fully saturated rings. The standard InChI is InChI=1S/C14H30N4O2/c1-14(11-20-12-14)10-17-13(15-2)16-6-8-18(3)7-5-9-19-4/h5-12H2,1-4H3,(H2,15,16,17). The van der Waals surface area contributed by atoms with Crippen LogP contribution in [0, 0.1) is 5.41 Å². The predicted molar refractivity (Wildman–Crippen MR) is 82.3 cm³/mol. The van der Waals surface area contributed by atoms with Crippen LogP contribution in [-0.4, -0.2) is 78.1 Å². The molecule has 118 valence electrons. The Morgan fingerprint density at radius 3 is 2.65 bits per heavy atom. The van der Waals surface area contributed by atoms with Crippen LogP contribution in [-0.2, 0) is 9.47 Å². The van der Waals surface area contributed by atoms with Gasteiger partial charge in [0.15, 0.2) is 5.96 Å². The van der Waals surface area contributed by atoms with Gasteiger partial charge in [-0.25, -0.2) is 0 Å². The predicted octanol–water partition coefficient (Wildman–Crippen LogP) is 0.156. The molecule has 0 atom stereocenters. The molecule has 1 aliphatic heterocycles. The van der Waals surface area contributed by atoms with Gasteiger partial charge in [0, 0.05) is 52.4 Å². The van der Waals surface area contributed by atoms with E-state index in [1.54, 1.807) is 14.2 Å². The second-order valence-electron chi connectivity index (χ2n) is 5.81. The maximum absolute atomic E-state index is 5.25. The minimum absolute atomic E-state index is 0.258. The van der Waals surface area contributed by atoms with E-state index in [4.69, 9.17) is 9.47 Å². The summed E-state index contributed by atoms with van der Waals surface area (Å²) < 4.78 is 10.3. The van der Waals surface area contributed by atoms with Crippen molar-refractivity contribution in [3.63, 3.8) is 0 Å². The van der Waals surface area contributed by atoms with Gasteiger partial charge in [0.2, 0.25) is 0 Å². The number of guanidine groups is 1. The Balaban J connectivity index is 2.08. The van der Waals surface area contributed by atoms with Gasteiger partial charge in [0.1, 0.15) is 0 Å². The molecule has 0 aromatic rings. The highest BCUT2D eigenvalue weighted by Crippen LogP contribution is 2.24. The second-order valence-corrected chi connectivity index (χ2v) is 5.81. The fourth-order valence-electron chi connectivity index (χ4n) is 2.03. The Labute approximate surface area is 122 Å². The molecule has 6 heteroatoms. The molecule has 20 heavy (non-hydrogen) atoms. The molecular formula is C14H30N4O2. The quantitative estimate of drug-likeness (QED) is 0.359. The molecule has 0 radical (unpaired) electrons. The van der Waals surface area contributed by atoms with Crippen LogP contribution in [0.15, 0.2) is 4.99 Å². The van der Waals surface area contributed by atoms with Gasteiger partial charge in [-0.1, -0.05) is 6.92 Å². The zero-order chi connectivity index (χ0) is 14.8. The Kier molecular flexibility index (Phi) is 7.87. The van der Waals surface area contributed by atoms with Gasteiger partial charge in [0.05, 0.1) is 13.2 Å². The molecule has 0 aliphatic carbocycles. The molecule has 0 amide bonds. The number of hydrogen-bond acceptors (Lipinski definition) is 4. The number of aliphatic imine (C=N–C) groups is 1. The van der Waals surface area contributed by atoms with Crippen molar-refractivity contribution < 1.29 is 9.47 Å². The van der Waals surface area contributed by atoms with E-state index in [-0.39, 0.29) is 5.41 Å². The number of ether oxygens (including phenoxy) is 2. The summed E-state index contributed by atoms with van der Waals surface area (Å²) in [4.78, 5) is 6.53. The van der Waals surface area contributed by atoms with Crippen LogP contribution in [0.4, 0.5) is 0 Å². The zero-order valence-corrected chi connectivity index (χ0v) is 13.4. The van der Waals surface area contributed by atoms with Crippen molar-refractivity contribution in [1.29, 1.82) is 0 Å². The van der Waals surface area contributed by atoms with Gasteiger partial charge in [-0.15, -0.1) is 0 Å². The van der Waals surface area contributed by atoms with Crippen molar-refractivity contribution in [2.75, 3.05) is 67.2 Å². The van der Waals surface area contributed by atoms with Crippen LogP contribution >= 0.6 is 0 Å². The Bertz CT molecular complexity index is 293. The summed E-state index contributed by atoms with van der Waals surface area (Å²) in [6, 6.07) is 0. The number of methoxy groups -OCH3 is 1. The van der Waals surface area contributed by atoms with Crippen LogP contribution in [0.3, 0.4) is 0 Å². The van der Waals surface area contributed by atoms with E-state index < -0.39 is 0 Å². The first-order valence-electron chi connectivity index (χ1n) is 7.29. The summed E-state index contributed by atoms with van der Waals surface area (Å²) in [6.07, 6.45) is 1.07. The van der Waals surface area contributed by atoms with E-state index in [1.165, 1.54) is 0 Å². The first kappa shape index (κ1) is 17.2. The van der Waals surface area contributed by atoms with Crippen LogP contribution in [0.5, 0.6) is 0 Å². The Hall–Kier alpha value is -0.850.